The molecular formula is C14H15BrINO. The van der Waals surface area contributed by atoms with Crippen LogP contribution >= 0.6 is 38.5 Å². The minimum absolute atomic E-state index is 0.0799. The van der Waals surface area contributed by atoms with Gasteiger partial charge < -0.3 is 5.32 Å². The lowest BCUT2D eigenvalue weighted by molar-refractivity contribution is -0.115. The Morgan fingerprint density at radius 1 is 1.39 bits per heavy atom. The zero-order valence-corrected chi connectivity index (χ0v) is 13.8. The predicted octanol–water partition coefficient (Wildman–Crippen LogP) is 4.88. The molecule has 1 N–H and O–H groups in total. The average molecular weight is 420 g/mol. The Bertz CT molecular complexity index is 485. The third-order valence-corrected chi connectivity index (χ3v) is 5.31. The number of anilines is 1. The Kier molecular flexibility index (Phi) is 5.24. The van der Waals surface area contributed by atoms with E-state index in [-0.39, 0.29) is 5.91 Å². The molecule has 18 heavy (non-hydrogen) atoms. The third kappa shape index (κ3) is 4.09. The van der Waals surface area contributed by atoms with Crippen molar-refractivity contribution < 1.29 is 4.79 Å². The van der Waals surface area contributed by atoms with Gasteiger partial charge in [0.1, 0.15) is 0 Å². The molecular weight excluding hydrogens is 405 g/mol. The fraction of sp³-hybridized carbons (Fsp3) is 0.357. The van der Waals surface area contributed by atoms with E-state index < -0.39 is 0 Å². The molecule has 4 heteroatoms. The van der Waals surface area contributed by atoms with Gasteiger partial charge in [0.25, 0.3) is 0 Å². The Labute approximate surface area is 129 Å². The highest BCUT2D eigenvalue weighted by molar-refractivity contribution is 14.1. The van der Waals surface area contributed by atoms with Crippen molar-refractivity contribution in [2.24, 2.45) is 0 Å². The van der Waals surface area contributed by atoms with Crippen molar-refractivity contribution in [3.8, 4) is 0 Å². The molecule has 2 nitrogen and oxygen atoms in total. The van der Waals surface area contributed by atoms with Crippen molar-refractivity contribution in [2.45, 2.75) is 32.1 Å². The first-order valence-electron chi connectivity index (χ1n) is 6.08. The van der Waals surface area contributed by atoms with Gasteiger partial charge in [-0.2, -0.15) is 0 Å². The van der Waals surface area contributed by atoms with Crippen molar-refractivity contribution in [3.63, 3.8) is 0 Å². The van der Waals surface area contributed by atoms with Crippen LogP contribution in [0.4, 0.5) is 5.69 Å². The second-order valence-corrected chi connectivity index (χ2v) is 6.48. The number of hydrogen-bond acceptors (Lipinski definition) is 1. The lowest BCUT2D eigenvalue weighted by Gasteiger charge is -2.12. The molecule has 0 unspecified atom stereocenters. The second kappa shape index (κ2) is 6.70. The van der Waals surface area contributed by atoms with E-state index in [9.17, 15) is 4.79 Å². The number of carbonyl (C=O) groups excluding carboxylic acids is 1. The normalized spacial score (nSPS) is 15.1. The molecule has 0 heterocycles. The zero-order chi connectivity index (χ0) is 13.0. The molecule has 0 saturated heterocycles. The van der Waals surface area contributed by atoms with Gasteiger partial charge in [0.05, 0.1) is 0 Å². The quantitative estimate of drug-likeness (QED) is 0.548. The number of carbonyl (C=O) groups is 1. The van der Waals surface area contributed by atoms with E-state index in [1.54, 1.807) is 0 Å². The molecule has 2 rings (SSSR count). The average Bonchev–Trinajstić information content (AvgIpc) is 2.35. The molecule has 0 aliphatic heterocycles. The number of benzene rings is 1. The molecule has 96 valence electrons. The maximum absolute atomic E-state index is 11.9. The molecule has 0 atom stereocenters. The number of allylic oxidation sites excluding steroid dienone is 1. The van der Waals surface area contributed by atoms with Crippen molar-refractivity contribution in [2.75, 3.05) is 5.32 Å². The van der Waals surface area contributed by atoms with Crippen LogP contribution in [0.1, 0.15) is 32.1 Å². The Balaban J connectivity index is 1.94. The van der Waals surface area contributed by atoms with Gasteiger partial charge in [-0.3, -0.25) is 4.79 Å². The van der Waals surface area contributed by atoms with Crippen molar-refractivity contribution >= 4 is 50.1 Å². The number of halogens is 2. The van der Waals surface area contributed by atoms with Crippen LogP contribution < -0.4 is 5.32 Å². The van der Waals surface area contributed by atoms with Crippen LogP contribution in [-0.4, -0.2) is 5.91 Å². The number of hydrogen-bond donors (Lipinski definition) is 1. The van der Waals surface area contributed by atoms with Gasteiger partial charge in [0, 0.05) is 20.2 Å². The van der Waals surface area contributed by atoms with Gasteiger partial charge in [-0.1, -0.05) is 11.6 Å². The summed E-state index contributed by atoms with van der Waals surface area (Å²) in [6, 6.07) is 5.86. The van der Waals surface area contributed by atoms with Crippen molar-refractivity contribution in [3.05, 3.63) is 37.9 Å². The third-order valence-electron chi connectivity index (χ3n) is 2.98. The van der Waals surface area contributed by atoms with Crippen LogP contribution in [0.5, 0.6) is 0 Å². The van der Waals surface area contributed by atoms with Gasteiger partial charge in [0.2, 0.25) is 5.91 Å². The summed E-state index contributed by atoms with van der Waals surface area (Å²) in [5, 5.41) is 2.94. The van der Waals surface area contributed by atoms with E-state index in [0.29, 0.717) is 6.42 Å². The van der Waals surface area contributed by atoms with Crippen LogP contribution in [0, 0.1) is 3.57 Å². The molecule has 1 amide bonds. The summed E-state index contributed by atoms with van der Waals surface area (Å²) in [7, 11) is 0. The Morgan fingerprint density at radius 3 is 2.89 bits per heavy atom. The van der Waals surface area contributed by atoms with Gasteiger partial charge in [-0.05, 0) is 82.4 Å². The van der Waals surface area contributed by atoms with E-state index in [0.717, 1.165) is 26.6 Å². The molecule has 1 aliphatic rings. The summed E-state index contributed by atoms with van der Waals surface area (Å²) >= 11 is 5.71. The van der Waals surface area contributed by atoms with E-state index >= 15 is 0 Å². The van der Waals surface area contributed by atoms with Gasteiger partial charge in [-0.25, -0.2) is 0 Å². The first-order valence-corrected chi connectivity index (χ1v) is 7.95. The summed E-state index contributed by atoms with van der Waals surface area (Å²) in [5.41, 5.74) is 2.13. The fourth-order valence-corrected chi connectivity index (χ4v) is 2.76. The van der Waals surface area contributed by atoms with Crippen LogP contribution in [0.2, 0.25) is 0 Å². The van der Waals surface area contributed by atoms with E-state index in [2.05, 4.69) is 49.9 Å². The topological polar surface area (TPSA) is 29.1 Å². The minimum atomic E-state index is 0.0799. The predicted molar refractivity (Wildman–Crippen MR) is 86.7 cm³/mol. The Morgan fingerprint density at radius 2 is 2.22 bits per heavy atom. The van der Waals surface area contributed by atoms with Crippen LogP contribution in [0.25, 0.3) is 0 Å². The van der Waals surface area contributed by atoms with E-state index in [4.69, 9.17) is 0 Å². The molecule has 0 spiro atoms. The highest BCUT2D eigenvalue weighted by Gasteiger charge is 2.09. The Hall–Kier alpha value is -0.360. The highest BCUT2D eigenvalue weighted by Crippen LogP contribution is 2.24. The number of amides is 1. The van der Waals surface area contributed by atoms with Crippen LogP contribution in [-0.2, 0) is 4.79 Å². The summed E-state index contributed by atoms with van der Waals surface area (Å²) in [4.78, 5) is 11.9. The first-order chi connectivity index (χ1) is 8.65. The van der Waals surface area contributed by atoms with Crippen molar-refractivity contribution in [1.29, 1.82) is 0 Å². The molecule has 0 bridgehead atoms. The van der Waals surface area contributed by atoms with Crippen LogP contribution in [0.3, 0.4) is 0 Å². The zero-order valence-electron chi connectivity index (χ0n) is 10.0. The summed E-state index contributed by atoms with van der Waals surface area (Å²) in [6.45, 7) is 0. The molecule has 0 fully saturated rings. The van der Waals surface area contributed by atoms with E-state index in [1.165, 1.54) is 18.4 Å². The number of nitrogens with one attached hydrogen (secondary N) is 1. The largest absolute Gasteiger partial charge is 0.326 e. The molecule has 0 radical (unpaired) electrons. The van der Waals surface area contributed by atoms with Crippen LogP contribution in [0.15, 0.2) is 34.3 Å². The second-order valence-electron chi connectivity index (χ2n) is 4.46. The molecule has 1 aliphatic carbocycles. The SMILES string of the molecule is O=C(CC1=CCCCC1)Nc1ccc(I)c(Br)c1. The van der Waals surface area contributed by atoms with Crippen molar-refractivity contribution in [1.82, 2.24) is 0 Å². The highest BCUT2D eigenvalue weighted by atomic mass is 127. The van der Waals surface area contributed by atoms with Gasteiger partial charge in [-0.15, -0.1) is 0 Å². The summed E-state index contributed by atoms with van der Waals surface area (Å²) < 4.78 is 2.15. The lowest BCUT2D eigenvalue weighted by atomic mass is 9.97. The lowest BCUT2D eigenvalue weighted by Crippen LogP contribution is -2.13. The molecule has 1 aromatic rings. The standard InChI is InChI=1S/C14H15BrINO/c15-12-9-11(6-7-13(12)16)17-14(18)8-10-4-2-1-3-5-10/h4,6-7,9H,1-3,5,8H2,(H,17,18). The fourth-order valence-electron chi connectivity index (χ4n) is 2.05. The van der Waals surface area contributed by atoms with Gasteiger partial charge >= 0.3 is 0 Å². The number of rotatable bonds is 3. The van der Waals surface area contributed by atoms with Gasteiger partial charge in [0.15, 0.2) is 0 Å². The minimum Gasteiger partial charge on any atom is -0.326 e. The maximum atomic E-state index is 11.9. The smallest absolute Gasteiger partial charge is 0.228 e. The molecule has 1 aromatic carbocycles. The molecule has 0 saturated carbocycles. The maximum Gasteiger partial charge on any atom is 0.228 e. The molecule has 0 aromatic heterocycles. The monoisotopic (exact) mass is 419 g/mol. The van der Waals surface area contributed by atoms with E-state index in [1.807, 2.05) is 18.2 Å². The summed E-state index contributed by atoms with van der Waals surface area (Å²) in [5.74, 6) is 0.0799. The summed E-state index contributed by atoms with van der Waals surface area (Å²) in [6.07, 6.45) is 7.42. The first kappa shape index (κ1) is 14.1.